The Morgan fingerprint density at radius 2 is 2.10 bits per heavy atom. The van der Waals surface area contributed by atoms with Gasteiger partial charge in [0, 0.05) is 23.5 Å². The average Bonchev–Trinajstić information content (AvgIpc) is 3.26. The Labute approximate surface area is 174 Å². The molecule has 4 rings (SSSR count). The van der Waals surface area contributed by atoms with Crippen LogP contribution in [0.4, 0.5) is 4.39 Å². The van der Waals surface area contributed by atoms with Crippen LogP contribution >= 0.6 is 23.4 Å². The number of rotatable bonds is 5. The van der Waals surface area contributed by atoms with Crippen molar-refractivity contribution in [3.63, 3.8) is 0 Å². The molecule has 0 aliphatic rings. The minimum absolute atomic E-state index is 0.00721. The van der Waals surface area contributed by atoms with Crippen LogP contribution in [0.25, 0.3) is 16.6 Å². The molecule has 0 saturated heterocycles. The number of benzene rings is 2. The Balaban J connectivity index is 1.98. The first-order chi connectivity index (χ1) is 13.9. The first kappa shape index (κ1) is 19.4. The Morgan fingerprint density at radius 1 is 1.31 bits per heavy atom. The molecule has 0 unspecified atom stereocenters. The zero-order chi connectivity index (χ0) is 20.7. The lowest BCUT2D eigenvalue weighted by atomic mass is 10.2. The van der Waals surface area contributed by atoms with Crippen LogP contribution in [0.3, 0.4) is 0 Å². The number of carbonyl (C=O) groups is 1. The molecule has 0 radical (unpaired) electrons. The van der Waals surface area contributed by atoms with E-state index in [0.717, 1.165) is 0 Å². The van der Waals surface area contributed by atoms with Gasteiger partial charge in [0.15, 0.2) is 5.82 Å². The fourth-order valence-corrected chi connectivity index (χ4v) is 4.38. The highest BCUT2D eigenvalue weighted by Gasteiger charge is 2.25. The van der Waals surface area contributed by atoms with E-state index in [9.17, 15) is 9.90 Å². The summed E-state index contributed by atoms with van der Waals surface area (Å²) in [5, 5.41) is 14.0. The van der Waals surface area contributed by atoms with Crippen LogP contribution in [0.2, 0.25) is 5.02 Å². The van der Waals surface area contributed by atoms with Gasteiger partial charge >= 0.3 is 5.97 Å². The SMILES string of the molecule is COc1c(Sc2cccc(C(=O)O)c2)c2ccc(Cl)c(F)c2n1-c1cnn(C)c1. The van der Waals surface area contributed by atoms with E-state index in [1.165, 1.54) is 31.0 Å². The van der Waals surface area contributed by atoms with Crippen LogP contribution in [0.5, 0.6) is 5.88 Å². The van der Waals surface area contributed by atoms with Crippen molar-refractivity contribution in [1.82, 2.24) is 14.3 Å². The van der Waals surface area contributed by atoms with Crippen LogP contribution in [0.1, 0.15) is 10.4 Å². The highest BCUT2D eigenvalue weighted by Crippen LogP contribution is 2.46. The molecule has 148 valence electrons. The normalized spacial score (nSPS) is 11.2. The Bertz CT molecular complexity index is 1250. The summed E-state index contributed by atoms with van der Waals surface area (Å²) < 4.78 is 23.9. The standard InChI is InChI=1S/C20H15ClFN3O3S/c1-24-10-12(9-23-24)25-17-14(6-7-15(21)16(17)22)18(19(25)28-2)29-13-5-3-4-11(8-13)20(26)27/h3-10H,1-2H3,(H,26,27). The maximum Gasteiger partial charge on any atom is 0.335 e. The molecule has 0 spiro atoms. The summed E-state index contributed by atoms with van der Waals surface area (Å²) in [4.78, 5) is 12.6. The van der Waals surface area contributed by atoms with Gasteiger partial charge in [-0.2, -0.15) is 5.10 Å². The van der Waals surface area contributed by atoms with Crippen LogP contribution in [-0.2, 0) is 7.05 Å². The number of hydrogen-bond acceptors (Lipinski definition) is 4. The number of fused-ring (bicyclic) bond motifs is 1. The quantitative estimate of drug-likeness (QED) is 0.480. The van der Waals surface area contributed by atoms with Gasteiger partial charge in [-0.1, -0.05) is 29.4 Å². The molecule has 0 amide bonds. The Hall–Kier alpha value is -2.97. The molecule has 2 aromatic heterocycles. The molecule has 0 saturated carbocycles. The number of hydrogen-bond donors (Lipinski definition) is 1. The molecule has 1 N–H and O–H groups in total. The number of aromatic carboxylic acids is 1. The highest BCUT2D eigenvalue weighted by molar-refractivity contribution is 7.99. The average molecular weight is 432 g/mol. The Morgan fingerprint density at radius 3 is 2.76 bits per heavy atom. The van der Waals surface area contributed by atoms with Gasteiger partial charge in [0.25, 0.3) is 0 Å². The van der Waals surface area contributed by atoms with E-state index in [1.54, 1.807) is 53.0 Å². The monoisotopic (exact) mass is 431 g/mol. The number of carboxylic acid groups (broad SMARTS) is 1. The minimum atomic E-state index is -1.02. The van der Waals surface area contributed by atoms with E-state index in [-0.39, 0.29) is 16.1 Å². The second-order valence-electron chi connectivity index (χ2n) is 6.24. The molecule has 0 fully saturated rings. The smallest absolute Gasteiger partial charge is 0.335 e. The summed E-state index contributed by atoms with van der Waals surface area (Å²) in [5.41, 5.74) is 1.04. The maximum atomic E-state index is 15.1. The van der Waals surface area contributed by atoms with Gasteiger partial charge in [-0.15, -0.1) is 0 Å². The number of aryl methyl sites for hydroxylation is 1. The fraction of sp³-hybridized carbons (Fsp3) is 0.100. The lowest BCUT2D eigenvalue weighted by Gasteiger charge is -2.09. The molecule has 9 heteroatoms. The van der Waals surface area contributed by atoms with E-state index in [0.29, 0.717) is 26.7 Å². The second kappa shape index (κ2) is 7.46. The van der Waals surface area contributed by atoms with E-state index < -0.39 is 11.8 Å². The predicted octanol–water partition coefficient (Wildman–Crippen LogP) is 5.01. The van der Waals surface area contributed by atoms with E-state index >= 15 is 4.39 Å². The zero-order valence-corrected chi connectivity index (χ0v) is 17.0. The second-order valence-corrected chi connectivity index (χ2v) is 7.73. The molecule has 4 aromatic rings. The zero-order valence-electron chi connectivity index (χ0n) is 15.4. The maximum absolute atomic E-state index is 15.1. The lowest BCUT2D eigenvalue weighted by molar-refractivity contribution is 0.0696. The van der Waals surface area contributed by atoms with Crippen molar-refractivity contribution < 1.29 is 19.0 Å². The molecule has 2 aromatic carbocycles. The van der Waals surface area contributed by atoms with Crippen LogP contribution < -0.4 is 4.74 Å². The summed E-state index contributed by atoms with van der Waals surface area (Å²) >= 11 is 7.34. The topological polar surface area (TPSA) is 69.3 Å². The molecule has 0 atom stereocenters. The van der Waals surface area contributed by atoms with Crippen molar-refractivity contribution in [3.05, 3.63) is 65.2 Å². The number of halogens is 2. The first-order valence-electron chi connectivity index (χ1n) is 8.47. The number of aromatic nitrogens is 3. The number of nitrogens with zero attached hydrogens (tertiary/aromatic N) is 3. The summed E-state index contributed by atoms with van der Waals surface area (Å²) in [6.07, 6.45) is 3.34. The van der Waals surface area contributed by atoms with Crippen molar-refractivity contribution >= 4 is 40.2 Å². The molecule has 29 heavy (non-hydrogen) atoms. The minimum Gasteiger partial charge on any atom is -0.481 e. The van der Waals surface area contributed by atoms with Crippen LogP contribution in [0.15, 0.2) is 58.6 Å². The number of methoxy groups -OCH3 is 1. The third kappa shape index (κ3) is 3.34. The summed E-state index contributed by atoms with van der Waals surface area (Å²) in [6.45, 7) is 0. The highest BCUT2D eigenvalue weighted by atomic mass is 35.5. The van der Waals surface area contributed by atoms with E-state index in [1.807, 2.05) is 0 Å². The molecule has 0 aliphatic heterocycles. The first-order valence-corrected chi connectivity index (χ1v) is 9.66. The van der Waals surface area contributed by atoms with E-state index in [4.69, 9.17) is 16.3 Å². The van der Waals surface area contributed by atoms with Crippen molar-refractivity contribution in [2.24, 2.45) is 7.05 Å². The third-order valence-electron chi connectivity index (χ3n) is 4.38. The summed E-state index contributed by atoms with van der Waals surface area (Å²) in [7, 11) is 3.26. The number of ether oxygens (including phenoxy) is 1. The van der Waals surface area contributed by atoms with Gasteiger partial charge < -0.3 is 9.84 Å². The molecule has 0 bridgehead atoms. The van der Waals surface area contributed by atoms with Crippen molar-refractivity contribution in [1.29, 1.82) is 0 Å². The van der Waals surface area contributed by atoms with Gasteiger partial charge in [-0.25, -0.2) is 9.18 Å². The predicted molar refractivity (Wildman–Crippen MR) is 109 cm³/mol. The lowest BCUT2D eigenvalue weighted by Crippen LogP contribution is -1.99. The molecule has 2 heterocycles. The van der Waals surface area contributed by atoms with Crippen molar-refractivity contribution in [3.8, 4) is 11.6 Å². The third-order valence-corrected chi connectivity index (χ3v) is 5.76. The van der Waals surface area contributed by atoms with Gasteiger partial charge in [-0.3, -0.25) is 9.25 Å². The van der Waals surface area contributed by atoms with Gasteiger partial charge in [0.05, 0.1) is 40.0 Å². The molecular formula is C20H15ClFN3O3S. The van der Waals surface area contributed by atoms with Gasteiger partial charge in [0.2, 0.25) is 5.88 Å². The van der Waals surface area contributed by atoms with Crippen LogP contribution in [0, 0.1) is 5.82 Å². The fourth-order valence-electron chi connectivity index (χ4n) is 3.12. The Kier molecular flexibility index (Phi) is 4.97. The molecule has 6 nitrogen and oxygen atoms in total. The van der Waals surface area contributed by atoms with Crippen molar-refractivity contribution in [2.75, 3.05) is 7.11 Å². The molecular weight excluding hydrogens is 417 g/mol. The largest absolute Gasteiger partial charge is 0.481 e. The van der Waals surface area contributed by atoms with Crippen molar-refractivity contribution in [2.45, 2.75) is 9.79 Å². The van der Waals surface area contributed by atoms with E-state index in [2.05, 4.69) is 5.10 Å². The van der Waals surface area contributed by atoms with Gasteiger partial charge in [0.1, 0.15) is 0 Å². The van der Waals surface area contributed by atoms with Crippen LogP contribution in [-0.4, -0.2) is 32.5 Å². The number of carboxylic acids is 1. The van der Waals surface area contributed by atoms with Gasteiger partial charge in [-0.05, 0) is 30.3 Å². The summed E-state index contributed by atoms with van der Waals surface area (Å²) in [5.74, 6) is -1.19. The summed E-state index contributed by atoms with van der Waals surface area (Å²) in [6, 6.07) is 9.74. The molecule has 0 aliphatic carbocycles.